The number of thiol groups is 2. The molecule has 1 aliphatic heterocycles. The highest BCUT2D eigenvalue weighted by Gasteiger charge is 2.65. The lowest BCUT2D eigenvalue weighted by atomic mass is 10.1. The summed E-state index contributed by atoms with van der Waals surface area (Å²) in [6.07, 6.45) is 1.09. The van der Waals surface area contributed by atoms with E-state index in [0.29, 0.717) is 29.8 Å². The highest BCUT2D eigenvalue weighted by atomic mass is 32.7. The van der Waals surface area contributed by atoms with Crippen LogP contribution in [0.15, 0.2) is 17.3 Å². The normalized spacial score (nSPS) is 25.5. The molecule has 4 N–H and O–H groups in total. The fourth-order valence-corrected chi connectivity index (χ4v) is 7.14. The van der Waals surface area contributed by atoms with Gasteiger partial charge in [0, 0.05) is 12.5 Å². The van der Waals surface area contributed by atoms with E-state index < -0.39 is 49.9 Å². The molecule has 17 nitrogen and oxygen atoms in total. The van der Waals surface area contributed by atoms with Crippen molar-refractivity contribution in [3.63, 3.8) is 0 Å². The van der Waals surface area contributed by atoms with Crippen molar-refractivity contribution in [1.29, 1.82) is 0 Å². The molecular weight excluding hydrogens is 663 g/mol. The maximum Gasteiger partial charge on any atom is 0.387 e. The average Bonchev–Trinajstić information content (AvgIpc) is 3.85. The smallest absolute Gasteiger partial charge is 0.369 e. The number of nitrogens with zero attached hydrogens (tertiary/aromatic N) is 7. The molecule has 0 bridgehead atoms. The van der Waals surface area contributed by atoms with Crippen molar-refractivity contribution >= 4 is 66.4 Å². The molecule has 2 saturated carbocycles. The lowest BCUT2D eigenvalue weighted by Crippen LogP contribution is -2.31. The average molecular weight is 690 g/mol. The Kier molecular flexibility index (Phi) is 7.46. The first-order valence-electron chi connectivity index (χ1n) is 13.4. The van der Waals surface area contributed by atoms with E-state index in [2.05, 4.69) is 54.4 Å². The topological polar surface area (TPSA) is 224 Å². The number of aromatic amines is 1. The predicted molar refractivity (Wildman–Crippen MR) is 158 cm³/mol. The predicted octanol–water partition coefficient (Wildman–Crippen LogP) is 2.81. The Morgan fingerprint density at radius 3 is 2.66 bits per heavy atom. The molecule has 0 aromatic carbocycles. The van der Waals surface area contributed by atoms with E-state index in [1.165, 1.54) is 10.9 Å². The third-order valence-electron chi connectivity index (χ3n) is 7.61. The molecule has 5 atom stereocenters. The van der Waals surface area contributed by atoms with Crippen molar-refractivity contribution in [1.82, 2.24) is 39.0 Å². The number of ether oxygens (including phenoxy) is 1. The number of rotatable bonds is 11. The number of aromatic nitrogens is 8. The van der Waals surface area contributed by atoms with Gasteiger partial charge in [-0.25, -0.2) is 33.5 Å². The Labute approximate surface area is 257 Å². The zero-order valence-corrected chi connectivity index (χ0v) is 26.2. The molecule has 4 aromatic heterocycles. The molecule has 2 aliphatic carbocycles. The summed E-state index contributed by atoms with van der Waals surface area (Å²) >= 11 is 7.65. The van der Waals surface area contributed by atoms with E-state index in [9.17, 15) is 18.8 Å². The number of nitrogen functional groups attached to an aromatic ring is 1. The molecule has 3 aliphatic rings. The monoisotopic (exact) mass is 689 g/mol. The molecule has 0 amide bonds. The van der Waals surface area contributed by atoms with Gasteiger partial charge in [-0.05, 0) is 25.7 Å². The first kappa shape index (κ1) is 30.3. The number of fused-ring (bicyclic) bond motifs is 2. The number of hydrogen-bond acceptors (Lipinski definition) is 13. The molecule has 1 saturated heterocycles. The number of H-pyrrole nitrogens is 1. The van der Waals surface area contributed by atoms with E-state index in [4.69, 9.17) is 24.0 Å². The molecule has 4 aromatic rings. The third kappa shape index (κ3) is 5.83. The van der Waals surface area contributed by atoms with E-state index in [1.807, 2.05) is 0 Å². The molecular formula is C22H26FN9O8P2S2. The largest absolute Gasteiger partial charge is 0.387 e. The summed E-state index contributed by atoms with van der Waals surface area (Å²) in [5.41, 5.74) is 4.74. The van der Waals surface area contributed by atoms with Crippen LogP contribution in [-0.4, -0.2) is 68.4 Å². The Morgan fingerprint density at radius 2 is 1.95 bits per heavy atom. The van der Waals surface area contributed by atoms with Crippen LogP contribution >= 0.6 is 38.1 Å². The van der Waals surface area contributed by atoms with Crippen LogP contribution < -0.4 is 11.3 Å². The second kappa shape index (κ2) is 10.8. The molecule has 236 valence electrons. The minimum Gasteiger partial charge on any atom is -0.369 e. The van der Waals surface area contributed by atoms with Gasteiger partial charge in [-0.3, -0.25) is 27.9 Å². The highest BCUT2D eigenvalue weighted by molar-refractivity contribution is 8.44. The van der Waals surface area contributed by atoms with E-state index in [1.54, 1.807) is 10.8 Å². The van der Waals surface area contributed by atoms with E-state index in [-0.39, 0.29) is 42.0 Å². The Hall–Kier alpha value is -2.41. The lowest BCUT2D eigenvalue weighted by Gasteiger charge is -2.24. The van der Waals surface area contributed by atoms with Crippen LogP contribution in [0, 0.1) is 0 Å². The van der Waals surface area contributed by atoms with Crippen LogP contribution in [-0.2, 0) is 40.6 Å². The number of alkyl halides is 1. The van der Waals surface area contributed by atoms with Crippen molar-refractivity contribution in [3.05, 3.63) is 34.5 Å². The standard InChI is InChI=1S/C22H26FN9O8P2S2/c23-15-14(20(39-22(15)3-4-22)32-9-26-13-18(32)29-21(24)30-19(13)33)40-42(36,44)38-8-12-27-11-7-25-16(10-1-2-10)28-17(11)31(12)5-6-37-41(34,35)43/h7,9-10,14-15,20H,1-6,8H2,(H,36,44)(H2,34,35,43)(H3,24,29,30,33)/t14-,15+,20-,42?/m1/s1. The van der Waals surface area contributed by atoms with Gasteiger partial charge in [0.15, 0.2) is 29.2 Å². The van der Waals surface area contributed by atoms with Gasteiger partial charge in [0.05, 0.1) is 19.1 Å². The maximum atomic E-state index is 15.8. The molecule has 22 heteroatoms. The molecule has 5 heterocycles. The van der Waals surface area contributed by atoms with Gasteiger partial charge < -0.3 is 19.9 Å². The van der Waals surface area contributed by atoms with Gasteiger partial charge in [-0.15, -0.1) is 0 Å². The number of imidazole rings is 2. The lowest BCUT2D eigenvalue weighted by molar-refractivity contribution is -0.0417. The molecule has 2 unspecified atom stereocenters. The number of nitrogens with one attached hydrogen (secondary N) is 1. The molecule has 0 radical (unpaired) electrons. The number of hydrogen-bond donors (Lipinski definition) is 5. The van der Waals surface area contributed by atoms with E-state index >= 15 is 4.39 Å². The van der Waals surface area contributed by atoms with Gasteiger partial charge in [-0.2, -0.15) is 4.98 Å². The van der Waals surface area contributed by atoms with Crippen molar-refractivity contribution in [2.24, 2.45) is 0 Å². The summed E-state index contributed by atoms with van der Waals surface area (Å²) in [5, 5.41) is 0. The Balaban J connectivity index is 1.14. The molecule has 1 spiro atoms. The maximum absolute atomic E-state index is 15.8. The summed E-state index contributed by atoms with van der Waals surface area (Å²) < 4.78 is 65.9. The van der Waals surface area contributed by atoms with Crippen LogP contribution in [0.5, 0.6) is 0 Å². The third-order valence-corrected chi connectivity index (χ3v) is 10.1. The number of nitrogens with two attached hydrogens (primary N) is 1. The quantitative estimate of drug-likeness (QED) is 0.113. The van der Waals surface area contributed by atoms with Crippen LogP contribution in [0.3, 0.4) is 0 Å². The fourth-order valence-electron chi connectivity index (χ4n) is 5.22. The minimum absolute atomic E-state index is 0.0235. The van der Waals surface area contributed by atoms with Crippen molar-refractivity contribution in [2.75, 3.05) is 12.3 Å². The number of halogens is 1. The second-order valence-corrected chi connectivity index (χ2v) is 16.4. The fraction of sp³-hybridized carbons (Fsp3) is 0.545. The highest BCUT2D eigenvalue weighted by Crippen LogP contribution is 2.62. The molecule has 7 rings (SSSR count). The Bertz CT molecular complexity index is 1930. The summed E-state index contributed by atoms with van der Waals surface area (Å²) in [7, 11) is 0. The first-order chi connectivity index (χ1) is 20.8. The van der Waals surface area contributed by atoms with Gasteiger partial charge in [0.2, 0.25) is 5.95 Å². The van der Waals surface area contributed by atoms with Gasteiger partial charge in [-0.1, -0.05) is 24.5 Å². The second-order valence-electron chi connectivity index (χ2n) is 10.8. The van der Waals surface area contributed by atoms with Gasteiger partial charge in [0.25, 0.3) is 5.56 Å². The van der Waals surface area contributed by atoms with Crippen LogP contribution in [0.1, 0.15) is 49.5 Å². The number of anilines is 1. The van der Waals surface area contributed by atoms with Gasteiger partial charge >= 0.3 is 13.6 Å². The SMILES string of the molecule is Nc1nc2c(ncn2[C@@H]2OC3(CC3)[C@@H](F)[C@H]2OP(=O)(S)OCc2nc3cnc(C4CC4)nc3n2CCOP(=O)(O)S)c(=O)[nH]1. The van der Waals surface area contributed by atoms with Crippen molar-refractivity contribution in [3.8, 4) is 0 Å². The summed E-state index contributed by atoms with van der Waals surface area (Å²) in [6, 6.07) is 0. The van der Waals surface area contributed by atoms with Crippen LogP contribution in [0.25, 0.3) is 22.3 Å². The zero-order chi connectivity index (χ0) is 31.0. The van der Waals surface area contributed by atoms with Crippen LogP contribution in [0.4, 0.5) is 10.3 Å². The van der Waals surface area contributed by atoms with Crippen LogP contribution in [0.2, 0.25) is 0 Å². The molecule has 3 fully saturated rings. The summed E-state index contributed by atoms with van der Waals surface area (Å²) in [4.78, 5) is 45.7. The first-order valence-corrected chi connectivity index (χ1v) is 18.9. The summed E-state index contributed by atoms with van der Waals surface area (Å²) in [6.45, 7) is -8.99. The van der Waals surface area contributed by atoms with Crippen molar-refractivity contribution < 1.29 is 36.7 Å². The zero-order valence-electron chi connectivity index (χ0n) is 22.6. The molecule has 44 heavy (non-hydrogen) atoms. The Morgan fingerprint density at radius 1 is 1.18 bits per heavy atom. The summed E-state index contributed by atoms with van der Waals surface area (Å²) in [5.74, 6) is 0.907. The van der Waals surface area contributed by atoms with Crippen molar-refractivity contribution in [2.45, 2.75) is 68.9 Å². The minimum atomic E-state index is -4.31. The van der Waals surface area contributed by atoms with Gasteiger partial charge in [0.1, 0.15) is 35.5 Å². The van der Waals surface area contributed by atoms with E-state index in [0.717, 1.165) is 12.8 Å².